The molecular weight excluding hydrogens is 129 g/mol. The second-order valence-corrected chi connectivity index (χ2v) is 2.77. The number of rotatable bonds is 0. The highest BCUT2D eigenvalue weighted by Gasteiger charge is 2.18. The lowest BCUT2D eigenvalue weighted by Crippen LogP contribution is -2.29. The smallest absolute Gasteiger partial charge is 0.153 e. The molecule has 0 aliphatic heterocycles. The second-order valence-electron chi connectivity index (χ2n) is 2.77. The fourth-order valence-electron chi connectivity index (χ4n) is 0. The zero-order valence-corrected chi connectivity index (χ0v) is 6.26. The van der Waals surface area contributed by atoms with Crippen molar-refractivity contribution in [2.75, 3.05) is 0 Å². The second kappa shape index (κ2) is 3.25. The molecule has 0 bridgehead atoms. The summed E-state index contributed by atoms with van der Waals surface area (Å²) >= 11 is 0. The van der Waals surface area contributed by atoms with E-state index in [0.717, 1.165) is 0 Å². The molecule has 8 heavy (non-hydrogen) atoms. The standard InChI is InChI=1S/C5H12FN.ClH/c1-5(2,3)4(6)7;/h4H,7H2,1-3H3;1H. The monoisotopic (exact) mass is 141 g/mol. The average Bonchev–Trinajstić information content (AvgIpc) is 1.31. The van der Waals surface area contributed by atoms with Crippen molar-refractivity contribution < 1.29 is 4.39 Å². The van der Waals surface area contributed by atoms with Crippen molar-refractivity contribution in [1.82, 2.24) is 0 Å². The molecule has 0 aliphatic carbocycles. The Morgan fingerprint density at radius 3 is 1.50 bits per heavy atom. The zero-order chi connectivity index (χ0) is 6.08. The predicted octanol–water partition coefficient (Wildman–Crippen LogP) is 1.71. The molecule has 0 fully saturated rings. The molecule has 0 rings (SSSR count). The minimum Gasteiger partial charge on any atom is -0.301 e. The van der Waals surface area contributed by atoms with Gasteiger partial charge in [-0.15, -0.1) is 12.4 Å². The van der Waals surface area contributed by atoms with Gasteiger partial charge >= 0.3 is 0 Å². The van der Waals surface area contributed by atoms with E-state index in [1.54, 1.807) is 20.8 Å². The summed E-state index contributed by atoms with van der Waals surface area (Å²) in [7, 11) is 0. The third-order valence-electron chi connectivity index (χ3n) is 0.827. The van der Waals surface area contributed by atoms with Gasteiger partial charge in [-0.05, 0) is 0 Å². The molecular formula is C5H13ClFN. The Labute approximate surface area is 55.9 Å². The third-order valence-corrected chi connectivity index (χ3v) is 0.827. The van der Waals surface area contributed by atoms with Gasteiger partial charge in [-0.25, -0.2) is 4.39 Å². The quantitative estimate of drug-likeness (QED) is 0.511. The van der Waals surface area contributed by atoms with Crippen LogP contribution >= 0.6 is 12.4 Å². The summed E-state index contributed by atoms with van der Waals surface area (Å²) < 4.78 is 12.0. The first-order chi connectivity index (χ1) is 2.94. The van der Waals surface area contributed by atoms with Crippen molar-refractivity contribution >= 4 is 12.4 Å². The lowest BCUT2D eigenvalue weighted by molar-refractivity contribution is 0.169. The lowest BCUT2D eigenvalue weighted by atomic mass is 9.96. The van der Waals surface area contributed by atoms with E-state index in [-0.39, 0.29) is 17.8 Å². The number of halogens is 2. The van der Waals surface area contributed by atoms with Crippen LogP contribution in [0.4, 0.5) is 4.39 Å². The molecule has 2 N–H and O–H groups in total. The van der Waals surface area contributed by atoms with Gasteiger partial charge < -0.3 is 5.73 Å². The number of hydrogen-bond acceptors (Lipinski definition) is 1. The Morgan fingerprint density at radius 1 is 1.38 bits per heavy atom. The molecule has 0 saturated carbocycles. The molecule has 3 heteroatoms. The van der Waals surface area contributed by atoms with Crippen LogP contribution in [0.5, 0.6) is 0 Å². The van der Waals surface area contributed by atoms with E-state index in [4.69, 9.17) is 5.73 Å². The van der Waals surface area contributed by atoms with Gasteiger partial charge in [0, 0.05) is 5.41 Å². The average molecular weight is 142 g/mol. The van der Waals surface area contributed by atoms with Crippen molar-refractivity contribution in [1.29, 1.82) is 0 Å². The minimum atomic E-state index is -1.20. The summed E-state index contributed by atoms with van der Waals surface area (Å²) in [6, 6.07) is 0. The van der Waals surface area contributed by atoms with Crippen LogP contribution in [0.25, 0.3) is 0 Å². The van der Waals surface area contributed by atoms with Gasteiger partial charge in [0.1, 0.15) is 0 Å². The molecule has 1 unspecified atom stereocenters. The van der Waals surface area contributed by atoms with Crippen molar-refractivity contribution in [2.24, 2.45) is 11.1 Å². The van der Waals surface area contributed by atoms with E-state index in [9.17, 15) is 4.39 Å². The molecule has 1 nitrogen and oxygen atoms in total. The predicted molar refractivity (Wildman–Crippen MR) is 35.8 cm³/mol. The molecule has 0 aromatic carbocycles. The Morgan fingerprint density at radius 2 is 1.50 bits per heavy atom. The SMILES string of the molecule is CC(C)(C)C(N)F.Cl. The molecule has 0 heterocycles. The number of nitrogens with two attached hydrogens (primary N) is 1. The van der Waals surface area contributed by atoms with Crippen LogP contribution < -0.4 is 5.73 Å². The van der Waals surface area contributed by atoms with E-state index >= 15 is 0 Å². The van der Waals surface area contributed by atoms with Gasteiger partial charge in [0.05, 0.1) is 0 Å². The molecule has 0 spiro atoms. The first-order valence-corrected chi connectivity index (χ1v) is 2.34. The molecule has 0 amide bonds. The van der Waals surface area contributed by atoms with E-state index in [0.29, 0.717) is 0 Å². The van der Waals surface area contributed by atoms with Crippen LogP contribution in [0.2, 0.25) is 0 Å². The van der Waals surface area contributed by atoms with E-state index < -0.39 is 6.30 Å². The van der Waals surface area contributed by atoms with Crippen LogP contribution in [0.3, 0.4) is 0 Å². The molecule has 0 saturated heterocycles. The van der Waals surface area contributed by atoms with Gasteiger partial charge in [0.15, 0.2) is 6.30 Å². The fourth-order valence-corrected chi connectivity index (χ4v) is 0. The maximum absolute atomic E-state index is 12.0. The normalized spacial score (nSPS) is 14.6. The minimum absolute atomic E-state index is 0. The Balaban J connectivity index is 0. The molecule has 52 valence electrons. The molecule has 1 atom stereocenters. The molecule has 0 aliphatic rings. The lowest BCUT2D eigenvalue weighted by Gasteiger charge is -2.18. The van der Waals surface area contributed by atoms with Crippen LogP contribution in [0, 0.1) is 5.41 Å². The summed E-state index contributed by atoms with van der Waals surface area (Å²) in [6.07, 6.45) is -1.20. The molecule has 0 aromatic heterocycles. The maximum atomic E-state index is 12.0. The van der Waals surface area contributed by atoms with E-state index in [1.807, 2.05) is 0 Å². The van der Waals surface area contributed by atoms with Gasteiger partial charge in [0.25, 0.3) is 0 Å². The first kappa shape index (κ1) is 11.0. The summed E-state index contributed by atoms with van der Waals surface area (Å²) in [4.78, 5) is 0. The maximum Gasteiger partial charge on any atom is 0.153 e. The van der Waals surface area contributed by atoms with Gasteiger partial charge in [-0.1, -0.05) is 20.8 Å². The van der Waals surface area contributed by atoms with Crippen LogP contribution in [0.1, 0.15) is 20.8 Å². The third kappa shape index (κ3) is 4.34. The molecule has 0 aromatic rings. The Bertz CT molecular complexity index is 57.9. The largest absolute Gasteiger partial charge is 0.301 e. The fraction of sp³-hybridized carbons (Fsp3) is 1.00. The van der Waals surface area contributed by atoms with Crippen molar-refractivity contribution in [2.45, 2.75) is 27.1 Å². The van der Waals surface area contributed by atoms with Crippen LogP contribution in [-0.4, -0.2) is 6.30 Å². The summed E-state index contributed by atoms with van der Waals surface area (Å²) in [6.45, 7) is 5.28. The van der Waals surface area contributed by atoms with Gasteiger partial charge in [-0.3, -0.25) is 0 Å². The van der Waals surface area contributed by atoms with E-state index in [1.165, 1.54) is 0 Å². The summed E-state index contributed by atoms with van der Waals surface area (Å²) in [5.74, 6) is 0. The van der Waals surface area contributed by atoms with Gasteiger partial charge in [0.2, 0.25) is 0 Å². The van der Waals surface area contributed by atoms with Crippen LogP contribution in [-0.2, 0) is 0 Å². The zero-order valence-electron chi connectivity index (χ0n) is 5.44. The van der Waals surface area contributed by atoms with E-state index in [2.05, 4.69) is 0 Å². The van der Waals surface area contributed by atoms with Crippen molar-refractivity contribution in [3.63, 3.8) is 0 Å². The highest BCUT2D eigenvalue weighted by molar-refractivity contribution is 5.85. The number of alkyl halides is 1. The van der Waals surface area contributed by atoms with Crippen molar-refractivity contribution in [3.05, 3.63) is 0 Å². The Kier molecular flexibility index (Phi) is 4.49. The topological polar surface area (TPSA) is 26.0 Å². The van der Waals surface area contributed by atoms with Crippen LogP contribution in [0.15, 0.2) is 0 Å². The molecule has 0 radical (unpaired) electrons. The highest BCUT2D eigenvalue weighted by atomic mass is 35.5. The highest BCUT2D eigenvalue weighted by Crippen LogP contribution is 2.17. The van der Waals surface area contributed by atoms with Gasteiger partial charge in [-0.2, -0.15) is 0 Å². The van der Waals surface area contributed by atoms with Crippen molar-refractivity contribution in [3.8, 4) is 0 Å². The number of hydrogen-bond donors (Lipinski definition) is 1. The first-order valence-electron chi connectivity index (χ1n) is 2.34. The summed E-state index contributed by atoms with van der Waals surface area (Å²) in [5.41, 5.74) is 4.51. The Hall–Kier alpha value is 0.180. The summed E-state index contributed by atoms with van der Waals surface area (Å²) in [5, 5.41) is 0.